The number of phenolic OH excluding ortho intramolecular Hbond substituents is 1. The highest BCUT2D eigenvalue weighted by Crippen LogP contribution is 2.29. The summed E-state index contributed by atoms with van der Waals surface area (Å²) in [4.78, 5) is 11.7. The van der Waals surface area contributed by atoms with Gasteiger partial charge in [0.1, 0.15) is 11.4 Å². The van der Waals surface area contributed by atoms with Crippen LogP contribution in [0, 0.1) is 0 Å². The number of aromatic hydroxyl groups is 1. The van der Waals surface area contributed by atoms with Gasteiger partial charge in [-0.05, 0) is 56.2 Å². The maximum Gasteiger partial charge on any atom is 0.412 e. The molecule has 0 aliphatic heterocycles. The fraction of sp³-hybridized carbons (Fsp3) is 0.235. The van der Waals surface area contributed by atoms with Crippen LogP contribution < -0.4 is 5.32 Å². The molecule has 0 bridgehead atoms. The molecule has 2 aromatic carbocycles. The molecule has 0 aromatic heterocycles. The summed E-state index contributed by atoms with van der Waals surface area (Å²) in [6.45, 7) is 5.43. The van der Waals surface area contributed by atoms with Gasteiger partial charge in [0.2, 0.25) is 0 Å². The second-order valence-electron chi connectivity index (χ2n) is 5.87. The number of anilines is 1. The van der Waals surface area contributed by atoms with Crippen molar-refractivity contribution in [1.82, 2.24) is 0 Å². The minimum atomic E-state index is -0.535. The van der Waals surface area contributed by atoms with E-state index in [1.165, 1.54) is 0 Å². The molecule has 0 radical (unpaired) electrons. The second-order valence-corrected chi connectivity index (χ2v) is 6.28. The van der Waals surface area contributed by atoms with Gasteiger partial charge in [0, 0.05) is 5.69 Å². The number of ether oxygens (including phenoxy) is 1. The average Bonchev–Trinajstić information content (AvgIpc) is 2.40. The number of hydrogen-bond donors (Lipinski definition) is 2. The fourth-order valence-corrected chi connectivity index (χ4v) is 2.03. The summed E-state index contributed by atoms with van der Waals surface area (Å²) in [6.07, 6.45) is -0.493. The van der Waals surface area contributed by atoms with Gasteiger partial charge in [-0.3, -0.25) is 5.32 Å². The van der Waals surface area contributed by atoms with Gasteiger partial charge in [-0.15, -0.1) is 0 Å². The first kappa shape index (κ1) is 16.2. The van der Waals surface area contributed by atoms with Gasteiger partial charge >= 0.3 is 6.09 Å². The summed E-state index contributed by atoms with van der Waals surface area (Å²) in [5, 5.41) is 12.4. The van der Waals surface area contributed by atoms with Gasteiger partial charge in [-0.25, -0.2) is 4.79 Å². The van der Waals surface area contributed by atoms with Crippen LogP contribution in [0.5, 0.6) is 5.75 Å². The van der Waals surface area contributed by atoms with Crippen molar-refractivity contribution in [3.8, 4) is 16.9 Å². The van der Waals surface area contributed by atoms with E-state index in [1.54, 1.807) is 30.3 Å². The van der Waals surface area contributed by atoms with E-state index >= 15 is 0 Å². The van der Waals surface area contributed by atoms with Crippen LogP contribution in [-0.2, 0) is 4.74 Å². The largest absolute Gasteiger partial charge is 0.506 e. The minimum Gasteiger partial charge on any atom is -0.506 e. The molecule has 2 rings (SSSR count). The number of halogens is 1. The van der Waals surface area contributed by atoms with E-state index in [0.717, 1.165) is 11.1 Å². The number of rotatable bonds is 2. The molecule has 22 heavy (non-hydrogen) atoms. The normalized spacial score (nSPS) is 11.1. The average molecular weight is 320 g/mol. The topological polar surface area (TPSA) is 58.6 Å². The van der Waals surface area contributed by atoms with E-state index in [2.05, 4.69) is 5.32 Å². The van der Waals surface area contributed by atoms with Crippen molar-refractivity contribution in [3.05, 3.63) is 47.5 Å². The summed E-state index contributed by atoms with van der Waals surface area (Å²) >= 11 is 5.90. The molecule has 0 heterocycles. The predicted molar refractivity (Wildman–Crippen MR) is 88.4 cm³/mol. The molecular formula is C17H18ClNO3. The van der Waals surface area contributed by atoms with Crippen LogP contribution in [0.25, 0.3) is 11.1 Å². The minimum absolute atomic E-state index is 0.0497. The molecule has 116 valence electrons. The third-order valence-electron chi connectivity index (χ3n) is 2.81. The zero-order valence-corrected chi connectivity index (χ0v) is 13.4. The van der Waals surface area contributed by atoms with Gasteiger partial charge in [-0.1, -0.05) is 29.8 Å². The molecule has 0 fully saturated rings. The summed E-state index contributed by atoms with van der Waals surface area (Å²) in [7, 11) is 0. The molecule has 0 aliphatic rings. The lowest BCUT2D eigenvalue weighted by atomic mass is 10.1. The summed E-state index contributed by atoms with van der Waals surface area (Å²) in [5.41, 5.74) is 1.92. The number of amides is 1. The van der Waals surface area contributed by atoms with E-state index in [1.807, 2.05) is 32.9 Å². The molecule has 0 saturated heterocycles. The van der Waals surface area contributed by atoms with Crippen molar-refractivity contribution in [3.63, 3.8) is 0 Å². The molecule has 4 nitrogen and oxygen atoms in total. The lowest BCUT2D eigenvalue weighted by Gasteiger charge is -2.19. The zero-order chi connectivity index (χ0) is 16.3. The number of nitrogens with one attached hydrogen (secondary N) is 1. The van der Waals surface area contributed by atoms with Crippen molar-refractivity contribution in [2.45, 2.75) is 26.4 Å². The lowest BCUT2D eigenvalue weighted by molar-refractivity contribution is 0.0636. The van der Waals surface area contributed by atoms with Gasteiger partial charge in [0.15, 0.2) is 0 Å². The lowest BCUT2D eigenvalue weighted by Crippen LogP contribution is -2.27. The Kier molecular flexibility index (Phi) is 4.62. The Labute approximate surface area is 134 Å². The highest BCUT2D eigenvalue weighted by molar-refractivity contribution is 6.32. The Morgan fingerprint density at radius 2 is 1.68 bits per heavy atom. The summed E-state index contributed by atoms with van der Waals surface area (Å²) in [5.74, 6) is 0.0497. The Morgan fingerprint density at radius 3 is 2.23 bits per heavy atom. The number of carbonyl (C=O) groups is 1. The SMILES string of the molecule is CC(C)(C)OC(=O)Nc1ccc(-c2ccc(O)c(Cl)c2)cc1. The van der Waals surface area contributed by atoms with Crippen molar-refractivity contribution < 1.29 is 14.6 Å². The van der Waals surface area contributed by atoms with Crippen molar-refractivity contribution in [2.24, 2.45) is 0 Å². The summed E-state index contributed by atoms with van der Waals surface area (Å²) in [6, 6.07) is 12.3. The molecule has 0 saturated carbocycles. The summed E-state index contributed by atoms with van der Waals surface area (Å²) < 4.78 is 5.19. The molecule has 5 heteroatoms. The van der Waals surface area contributed by atoms with E-state index in [-0.39, 0.29) is 5.75 Å². The first-order chi connectivity index (χ1) is 10.2. The molecule has 0 spiro atoms. The number of carbonyl (C=O) groups excluding carboxylic acids is 1. The molecule has 2 N–H and O–H groups in total. The predicted octanol–water partition coefficient (Wildman–Crippen LogP) is 5.06. The zero-order valence-electron chi connectivity index (χ0n) is 12.7. The van der Waals surface area contributed by atoms with Gasteiger partial charge in [0.25, 0.3) is 0 Å². The Bertz CT molecular complexity index is 675. The maximum absolute atomic E-state index is 11.7. The Balaban J connectivity index is 2.10. The first-order valence-electron chi connectivity index (χ1n) is 6.83. The number of benzene rings is 2. The van der Waals surface area contributed by atoms with E-state index in [0.29, 0.717) is 10.7 Å². The van der Waals surface area contributed by atoms with E-state index in [9.17, 15) is 9.90 Å². The first-order valence-corrected chi connectivity index (χ1v) is 7.21. The van der Waals surface area contributed by atoms with Crippen LogP contribution in [0.3, 0.4) is 0 Å². The Hall–Kier alpha value is -2.20. The highest BCUT2D eigenvalue weighted by atomic mass is 35.5. The van der Waals surface area contributed by atoms with Crippen LogP contribution in [0.4, 0.5) is 10.5 Å². The third-order valence-corrected chi connectivity index (χ3v) is 3.11. The van der Waals surface area contributed by atoms with Crippen LogP contribution in [0.1, 0.15) is 20.8 Å². The van der Waals surface area contributed by atoms with Crippen LogP contribution in [0.2, 0.25) is 5.02 Å². The fourth-order valence-electron chi connectivity index (χ4n) is 1.85. The second kappa shape index (κ2) is 6.28. The van der Waals surface area contributed by atoms with Crippen molar-refractivity contribution in [1.29, 1.82) is 0 Å². The van der Waals surface area contributed by atoms with Gasteiger partial charge < -0.3 is 9.84 Å². The standard InChI is InChI=1S/C17H18ClNO3/c1-17(2,3)22-16(21)19-13-7-4-11(5-8-13)12-6-9-15(20)14(18)10-12/h4-10,20H,1-3H3,(H,19,21). The molecule has 0 atom stereocenters. The monoisotopic (exact) mass is 319 g/mol. The van der Waals surface area contributed by atoms with Crippen molar-refractivity contribution >= 4 is 23.4 Å². The van der Waals surface area contributed by atoms with E-state index < -0.39 is 11.7 Å². The molecular weight excluding hydrogens is 302 g/mol. The number of hydrogen-bond acceptors (Lipinski definition) is 3. The molecule has 1 amide bonds. The smallest absolute Gasteiger partial charge is 0.412 e. The quantitative estimate of drug-likeness (QED) is 0.813. The molecule has 2 aromatic rings. The van der Waals surface area contributed by atoms with Crippen LogP contribution >= 0.6 is 11.6 Å². The molecule has 0 aliphatic carbocycles. The molecule has 0 unspecified atom stereocenters. The highest BCUT2D eigenvalue weighted by Gasteiger charge is 2.16. The third kappa shape index (κ3) is 4.40. The Morgan fingerprint density at radius 1 is 1.09 bits per heavy atom. The van der Waals surface area contributed by atoms with Gasteiger partial charge in [0.05, 0.1) is 5.02 Å². The van der Waals surface area contributed by atoms with Crippen molar-refractivity contribution in [2.75, 3.05) is 5.32 Å². The number of phenols is 1. The van der Waals surface area contributed by atoms with E-state index in [4.69, 9.17) is 16.3 Å². The van der Waals surface area contributed by atoms with Crippen LogP contribution in [0.15, 0.2) is 42.5 Å². The van der Waals surface area contributed by atoms with Gasteiger partial charge in [-0.2, -0.15) is 0 Å². The van der Waals surface area contributed by atoms with Crippen LogP contribution in [-0.4, -0.2) is 16.8 Å². The maximum atomic E-state index is 11.7.